The van der Waals surface area contributed by atoms with E-state index in [0.717, 1.165) is 16.6 Å². The van der Waals surface area contributed by atoms with Crippen molar-refractivity contribution in [2.75, 3.05) is 32.2 Å². The summed E-state index contributed by atoms with van der Waals surface area (Å²) in [6.07, 6.45) is 3.14. The highest BCUT2D eigenvalue weighted by Gasteiger charge is 2.19. The number of rotatable bonds is 9. The average Bonchev–Trinajstić information content (AvgIpc) is 2.93. The van der Waals surface area contributed by atoms with Gasteiger partial charge in [-0.05, 0) is 53.9 Å². The largest absolute Gasteiger partial charge is 0.339 e. The molecule has 156 valence electrons. The van der Waals surface area contributed by atoms with E-state index in [1.165, 1.54) is 0 Å². The molecule has 0 unspecified atom stereocenters. The number of fused-ring (bicyclic) bond motifs is 1. The Kier molecular flexibility index (Phi) is 7.23. The third-order valence-corrected chi connectivity index (χ3v) is 6.04. The Labute approximate surface area is 173 Å². The van der Waals surface area contributed by atoms with Crippen LogP contribution in [0.15, 0.2) is 22.8 Å². The van der Waals surface area contributed by atoms with Crippen molar-refractivity contribution in [3.63, 3.8) is 0 Å². The zero-order chi connectivity index (χ0) is 21.1. The van der Waals surface area contributed by atoms with Crippen molar-refractivity contribution in [3.05, 3.63) is 28.4 Å². The number of nitrogens with zero attached hydrogens (tertiary/aromatic N) is 3. The lowest BCUT2D eigenvalue weighted by Gasteiger charge is -2.21. The summed E-state index contributed by atoms with van der Waals surface area (Å²) in [6.45, 7) is 2.85. The number of aromatic nitrogens is 2. The molecule has 1 aromatic carbocycles. The van der Waals surface area contributed by atoms with Gasteiger partial charge in [0, 0.05) is 24.0 Å². The van der Waals surface area contributed by atoms with Crippen molar-refractivity contribution in [2.24, 2.45) is 0 Å². The Balaban J connectivity index is 2.13. The van der Waals surface area contributed by atoms with E-state index in [2.05, 4.69) is 25.2 Å². The molecule has 1 aromatic heterocycles. The molecule has 2 aromatic rings. The highest BCUT2D eigenvalue weighted by atomic mass is 79.9. The van der Waals surface area contributed by atoms with Crippen LogP contribution in [0.25, 0.3) is 10.9 Å². The lowest BCUT2D eigenvalue weighted by atomic mass is 10.1. The standard InChI is InChI=1S/C16H22BrN3O6S2/c1-4-19(9-5-6-10-26-28(3,24)25)16(21)12-7-8-14-13(11-12)15(17)18-20(14)27(2,22)23/h7-8,11H,4-6,9-10H2,1-3H3. The first-order valence-electron chi connectivity index (χ1n) is 8.46. The quantitative estimate of drug-likeness (QED) is 0.384. The maximum atomic E-state index is 12.8. The number of hydrogen-bond acceptors (Lipinski definition) is 7. The van der Waals surface area contributed by atoms with Gasteiger partial charge in [-0.15, -0.1) is 5.10 Å². The SMILES string of the molecule is CCN(CCCCOS(C)(=O)=O)C(=O)c1ccc2c(c1)c(Br)nn2S(C)(=O)=O. The lowest BCUT2D eigenvalue weighted by Crippen LogP contribution is -2.32. The van der Waals surface area contributed by atoms with Gasteiger partial charge in [0.2, 0.25) is 0 Å². The molecule has 9 nitrogen and oxygen atoms in total. The fraction of sp³-hybridized carbons (Fsp3) is 0.500. The molecule has 0 fully saturated rings. The molecule has 0 saturated heterocycles. The molecular formula is C16H22BrN3O6S2. The number of amides is 1. The summed E-state index contributed by atoms with van der Waals surface area (Å²) in [5.41, 5.74) is 0.794. The number of carbonyl (C=O) groups is 1. The summed E-state index contributed by atoms with van der Waals surface area (Å²) in [6, 6.07) is 4.72. The average molecular weight is 496 g/mol. The van der Waals surface area contributed by atoms with Gasteiger partial charge >= 0.3 is 0 Å². The van der Waals surface area contributed by atoms with Crippen molar-refractivity contribution < 1.29 is 25.8 Å². The molecule has 0 aliphatic carbocycles. The number of unbranched alkanes of at least 4 members (excludes halogenated alkanes) is 1. The normalized spacial score (nSPS) is 12.4. The van der Waals surface area contributed by atoms with E-state index in [1.807, 2.05) is 6.92 Å². The molecule has 0 bridgehead atoms. The number of carbonyl (C=O) groups excluding carboxylic acids is 1. The molecule has 0 aliphatic rings. The summed E-state index contributed by atoms with van der Waals surface area (Å²) in [7, 11) is -7.02. The molecular weight excluding hydrogens is 474 g/mol. The third kappa shape index (κ3) is 5.75. The predicted molar refractivity (Wildman–Crippen MR) is 109 cm³/mol. The van der Waals surface area contributed by atoms with Crippen LogP contribution < -0.4 is 0 Å². The van der Waals surface area contributed by atoms with E-state index >= 15 is 0 Å². The van der Waals surface area contributed by atoms with Gasteiger partial charge < -0.3 is 4.90 Å². The van der Waals surface area contributed by atoms with E-state index in [4.69, 9.17) is 0 Å². The highest BCUT2D eigenvalue weighted by molar-refractivity contribution is 9.10. The number of halogens is 1. The van der Waals surface area contributed by atoms with Crippen LogP contribution in [0.2, 0.25) is 0 Å². The van der Waals surface area contributed by atoms with Crippen LogP contribution >= 0.6 is 15.9 Å². The topological polar surface area (TPSA) is 116 Å². The first-order valence-corrected chi connectivity index (χ1v) is 12.9. The minimum absolute atomic E-state index is 0.0775. The first kappa shape index (κ1) is 22.8. The van der Waals surface area contributed by atoms with Gasteiger partial charge in [0.15, 0.2) is 0 Å². The van der Waals surface area contributed by atoms with Crippen molar-refractivity contribution in [1.82, 2.24) is 14.1 Å². The smallest absolute Gasteiger partial charge is 0.264 e. The van der Waals surface area contributed by atoms with Crippen molar-refractivity contribution in [2.45, 2.75) is 19.8 Å². The van der Waals surface area contributed by atoms with E-state index < -0.39 is 20.1 Å². The molecule has 0 spiro atoms. The van der Waals surface area contributed by atoms with Crippen molar-refractivity contribution in [1.29, 1.82) is 0 Å². The lowest BCUT2D eigenvalue weighted by molar-refractivity contribution is 0.0759. The van der Waals surface area contributed by atoms with Crippen LogP contribution in [-0.4, -0.2) is 69.0 Å². The van der Waals surface area contributed by atoms with E-state index in [0.29, 0.717) is 47.0 Å². The monoisotopic (exact) mass is 495 g/mol. The van der Waals surface area contributed by atoms with Crippen molar-refractivity contribution >= 4 is 52.9 Å². The van der Waals surface area contributed by atoms with Crippen LogP contribution in [0.3, 0.4) is 0 Å². The molecule has 0 atom stereocenters. The highest BCUT2D eigenvalue weighted by Crippen LogP contribution is 2.26. The van der Waals surface area contributed by atoms with Crippen LogP contribution in [0, 0.1) is 0 Å². The third-order valence-electron chi connectivity index (χ3n) is 3.95. The molecule has 0 saturated carbocycles. The van der Waals surface area contributed by atoms with E-state index in [1.54, 1.807) is 23.1 Å². The van der Waals surface area contributed by atoms with Crippen LogP contribution in [-0.2, 0) is 24.3 Å². The van der Waals surface area contributed by atoms with E-state index in [-0.39, 0.29) is 12.5 Å². The molecule has 12 heteroatoms. The van der Waals surface area contributed by atoms with Gasteiger partial charge in [-0.1, -0.05) is 0 Å². The molecule has 28 heavy (non-hydrogen) atoms. The Morgan fingerprint density at radius 3 is 2.46 bits per heavy atom. The summed E-state index contributed by atoms with van der Waals surface area (Å²) >= 11 is 3.24. The zero-order valence-corrected chi connectivity index (χ0v) is 19.0. The zero-order valence-electron chi connectivity index (χ0n) is 15.8. The maximum Gasteiger partial charge on any atom is 0.264 e. The van der Waals surface area contributed by atoms with Gasteiger partial charge in [0.25, 0.3) is 26.0 Å². The Hall–Kier alpha value is -1.50. The summed E-state index contributed by atoms with van der Waals surface area (Å²) in [5, 5.41) is 4.50. The number of hydrogen-bond donors (Lipinski definition) is 0. The second-order valence-electron chi connectivity index (χ2n) is 6.25. The molecule has 1 heterocycles. The molecule has 1 amide bonds. The molecule has 0 aliphatic heterocycles. The maximum absolute atomic E-state index is 12.8. The van der Waals surface area contributed by atoms with Crippen LogP contribution in [0.5, 0.6) is 0 Å². The first-order chi connectivity index (χ1) is 12.9. The second-order valence-corrected chi connectivity index (χ2v) is 10.5. The minimum Gasteiger partial charge on any atom is -0.339 e. The van der Waals surface area contributed by atoms with Crippen LogP contribution in [0.4, 0.5) is 0 Å². The fourth-order valence-electron chi connectivity index (χ4n) is 2.64. The Morgan fingerprint density at radius 2 is 1.89 bits per heavy atom. The van der Waals surface area contributed by atoms with Gasteiger partial charge in [-0.25, -0.2) is 8.42 Å². The Bertz CT molecular complexity index is 1080. The Morgan fingerprint density at radius 1 is 1.21 bits per heavy atom. The minimum atomic E-state index is -3.57. The summed E-state index contributed by atoms with van der Waals surface area (Å²) in [5.74, 6) is -0.201. The van der Waals surface area contributed by atoms with E-state index in [9.17, 15) is 21.6 Å². The second kappa shape index (κ2) is 8.89. The predicted octanol–water partition coefficient (Wildman–Crippen LogP) is 1.82. The molecule has 2 rings (SSSR count). The summed E-state index contributed by atoms with van der Waals surface area (Å²) < 4.78 is 51.5. The van der Waals surface area contributed by atoms with Crippen LogP contribution in [0.1, 0.15) is 30.1 Å². The fourth-order valence-corrected chi connectivity index (χ4v) is 4.39. The molecule has 0 N–H and O–H groups in total. The summed E-state index contributed by atoms with van der Waals surface area (Å²) in [4.78, 5) is 14.4. The van der Waals surface area contributed by atoms with Gasteiger partial charge in [0.1, 0.15) is 4.60 Å². The van der Waals surface area contributed by atoms with Crippen molar-refractivity contribution in [3.8, 4) is 0 Å². The molecule has 0 radical (unpaired) electrons. The van der Waals surface area contributed by atoms with Gasteiger partial charge in [0.05, 0.1) is 24.6 Å². The van der Waals surface area contributed by atoms with Gasteiger partial charge in [-0.2, -0.15) is 12.5 Å². The number of benzene rings is 1. The van der Waals surface area contributed by atoms with Gasteiger partial charge in [-0.3, -0.25) is 8.98 Å².